The topological polar surface area (TPSA) is 21.7 Å². The third-order valence-corrected chi connectivity index (χ3v) is 13.4. The van der Waals surface area contributed by atoms with Crippen molar-refractivity contribution in [1.29, 1.82) is 0 Å². The van der Waals surface area contributed by atoms with Gasteiger partial charge in [-0.2, -0.15) is 0 Å². The quantitative estimate of drug-likeness (QED) is 0.167. The number of hydrogen-bond acceptors (Lipinski definition) is 3. The first kappa shape index (κ1) is 36.3. The summed E-state index contributed by atoms with van der Waals surface area (Å²) in [7, 11) is 0. The largest absolute Gasteiger partial charge is 0.450 e. The first-order chi connectivity index (χ1) is 31.7. The van der Waals surface area contributed by atoms with Crippen LogP contribution in [0.25, 0.3) is 55.6 Å². The Hall–Kier alpha value is -8.40. The van der Waals surface area contributed by atoms with Crippen molar-refractivity contribution >= 4 is 17.1 Å². The summed E-state index contributed by atoms with van der Waals surface area (Å²) in [5.74, 6) is 2.89. The average Bonchev–Trinajstić information content (AvgIpc) is 3.83. The van der Waals surface area contributed by atoms with E-state index >= 15 is 0 Å². The normalized spacial score (nSPS) is 13.1. The number of anilines is 3. The molecule has 2 aliphatic carbocycles. The van der Waals surface area contributed by atoms with E-state index in [2.05, 4.69) is 217 Å². The van der Waals surface area contributed by atoms with Crippen molar-refractivity contribution in [2.75, 3.05) is 4.90 Å². The monoisotopic (exact) mass is 817 g/mol. The fraction of sp³-hybridized carbons (Fsp3) is 0.0164. The van der Waals surface area contributed by atoms with Gasteiger partial charge in [-0.15, -0.1) is 0 Å². The van der Waals surface area contributed by atoms with Gasteiger partial charge in [-0.25, -0.2) is 0 Å². The van der Waals surface area contributed by atoms with Crippen LogP contribution < -0.4 is 14.4 Å². The van der Waals surface area contributed by atoms with Gasteiger partial charge in [-0.3, -0.25) is 0 Å². The lowest BCUT2D eigenvalue weighted by Crippen LogP contribution is -2.26. The number of ether oxygens (including phenoxy) is 2. The van der Waals surface area contributed by atoms with Crippen molar-refractivity contribution in [2.24, 2.45) is 0 Å². The molecule has 0 aromatic heterocycles. The molecule has 3 nitrogen and oxygen atoms in total. The first-order valence-corrected chi connectivity index (χ1v) is 21.9. The standard InChI is InChI=1S/C61H39NO2/c1-3-14-40(15-4-1)41-26-28-42(29-27-41)43-30-34-46(35-31-43)62(45-16-5-2-6-17-45)47-36-32-44(33-37-47)48-20-13-23-54-60(48)51-38-58-59(64-57-25-12-11-24-56(57)63-58)39-55(51)61(54)52-21-9-7-18-49(52)50-19-8-10-22-53(50)61/h1-39H. The highest BCUT2D eigenvalue weighted by atomic mass is 16.6. The predicted molar refractivity (Wildman–Crippen MR) is 260 cm³/mol. The molecule has 10 aromatic carbocycles. The van der Waals surface area contributed by atoms with Crippen LogP contribution in [0.15, 0.2) is 237 Å². The van der Waals surface area contributed by atoms with Crippen LogP contribution in [0.5, 0.6) is 23.0 Å². The maximum absolute atomic E-state index is 6.62. The van der Waals surface area contributed by atoms with Gasteiger partial charge in [0, 0.05) is 17.1 Å². The maximum Gasteiger partial charge on any atom is 0.170 e. The Morgan fingerprint density at radius 3 is 1.28 bits per heavy atom. The molecule has 3 heteroatoms. The zero-order valence-corrected chi connectivity index (χ0v) is 34.8. The molecule has 1 aliphatic heterocycles. The molecule has 0 N–H and O–H groups in total. The lowest BCUT2D eigenvalue weighted by atomic mass is 9.70. The summed E-state index contributed by atoms with van der Waals surface area (Å²) in [4.78, 5) is 2.33. The lowest BCUT2D eigenvalue weighted by molar-refractivity contribution is 0.359. The summed E-state index contributed by atoms with van der Waals surface area (Å²) in [6.07, 6.45) is 0. The van der Waals surface area contributed by atoms with Gasteiger partial charge in [0.05, 0.1) is 5.41 Å². The molecule has 10 aromatic rings. The van der Waals surface area contributed by atoms with Crippen LogP contribution in [-0.2, 0) is 5.41 Å². The van der Waals surface area contributed by atoms with E-state index in [0.717, 1.165) is 51.2 Å². The molecule has 1 spiro atoms. The van der Waals surface area contributed by atoms with Crippen molar-refractivity contribution in [2.45, 2.75) is 5.41 Å². The summed E-state index contributed by atoms with van der Waals surface area (Å²) in [6.45, 7) is 0. The van der Waals surface area contributed by atoms with Crippen LogP contribution in [0.3, 0.4) is 0 Å². The molecule has 1 heterocycles. The van der Waals surface area contributed by atoms with Gasteiger partial charge in [-0.1, -0.05) is 176 Å². The van der Waals surface area contributed by atoms with E-state index in [-0.39, 0.29) is 0 Å². The summed E-state index contributed by atoms with van der Waals surface area (Å²) >= 11 is 0. The fourth-order valence-corrected chi connectivity index (χ4v) is 10.6. The highest BCUT2D eigenvalue weighted by molar-refractivity contribution is 6.01. The Kier molecular flexibility index (Phi) is 8.13. The fourth-order valence-electron chi connectivity index (χ4n) is 10.6. The predicted octanol–water partition coefficient (Wildman–Crippen LogP) is 16.4. The van der Waals surface area contributed by atoms with Crippen LogP contribution in [0, 0.1) is 0 Å². The number of hydrogen-bond donors (Lipinski definition) is 0. The highest BCUT2D eigenvalue weighted by Gasteiger charge is 2.53. The lowest BCUT2D eigenvalue weighted by Gasteiger charge is -2.31. The molecular formula is C61H39NO2. The molecule has 0 saturated heterocycles. The van der Waals surface area contributed by atoms with Gasteiger partial charge < -0.3 is 14.4 Å². The van der Waals surface area contributed by atoms with Crippen molar-refractivity contribution in [3.05, 3.63) is 259 Å². The zero-order chi connectivity index (χ0) is 42.2. The molecule has 0 amide bonds. The van der Waals surface area contributed by atoms with E-state index in [1.165, 1.54) is 66.8 Å². The highest BCUT2D eigenvalue weighted by Crippen LogP contribution is 2.66. The molecule has 300 valence electrons. The Morgan fingerprint density at radius 2 is 0.688 bits per heavy atom. The van der Waals surface area contributed by atoms with Gasteiger partial charge >= 0.3 is 0 Å². The smallest absolute Gasteiger partial charge is 0.170 e. The van der Waals surface area contributed by atoms with E-state index in [1.54, 1.807) is 0 Å². The Labute approximate surface area is 372 Å². The Morgan fingerprint density at radius 1 is 0.266 bits per heavy atom. The van der Waals surface area contributed by atoms with Crippen LogP contribution in [0.2, 0.25) is 0 Å². The van der Waals surface area contributed by atoms with Gasteiger partial charge in [0.25, 0.3) is 0 Å². The number of fused-ring (bicyclic) bond motifs is 12. The second kappa shape index (κ2) is 14.3. The SMILES string of the molecule is c1ccc(-c2ccc(-c3ccc(N(c4ccccc4)c4ccc(-c5cccc6c5-c5cc7c(cc5C65c6ccccc6-c6ccccc65)Oc5ccccc5O7)cc4)cc3)cc2)cc1. The second-order valence-corrected chi connectivity index (χ2v) is 16.8. The number of para-hydroxylation sites is 3. The summed E-state index contributed by atoms with van der Waals surface area (Å²) in [5, 5.41) is 0. The maximum atomic E-state index is 6.62. The van der Waals surface area contributed by atoms with Gasteiger partial charge in [0.2, 0.25) is 0 Å². The third kappa shape index (κ3) is 5.47. The average molecular weight is 818 g/mol. The van der Waals surface area contributed by atoms with Crippen molar-refractivity contribution in [3.63, 3.8) is 0 Å². The Bertz CT molecular complexity index is 3370. The van der Waals surface area contributed by atoms with Gasteiger partial charge in [0.15, 0.2) is 23.0 Å². The minimum Gasteiger partial charge on any atom is -0.450 e. The molecule has 13 rings (SSSR count). The molecule has 3 aliphatic rings. The Balaban J connectivity index is 0.922. The van der Waals surface area contributed by atoms with Gasteiger partial charge in [-0.05, 0) is 139 Å². The summed E-state index contributed by atoms with van der Waals surface area (Å²) in [6, 6.07) is 85.0. The van der Waals surface area contributed by atoms with Gasteiger partial charge in [0.1, 0.15) is 0 Å². The molecule has 0 unspecified atom stereocenters. The zero-order valence-electron chi connectivity index (χ0n) is 34.8. The van der Waals surface area contributed by atoms with Crippen molar-refractivity contribution < 1.29 is 9.47 Å². The molecule has 0 radical (unpaired) electrons. The van der Waals surface area contributed by atoms with E-state index in [4.69, 9.17) is 9.47 Å². The minimum absolute atomic E-state index is 0.538. The van der Waals surface area contributed by atoms with Crippen LogP contribution in [-0.4, -0.2) is 0 Å². The number of benzene rings is 10. The number of rotatable bonds is 6. The summed E-state index contributed by atoms with van der Waals surface area (Å²) < 4.78 is 13.2. The van der Waals surface area contributed by atoms with Crippen LogP contribution in [0.1, 0.15) is 22.3 Å². The molecule has 0 fully saturated rings. The van der Waals surface area contributed by atoms with Crippen LogP contribution >= 0.6 is 0 Å². The molecular weight excluding hydrogens is 779 g/mol. The second-order valence-electron chi connectivity index (χ2n) is 16.8. The third-order valence-electron chi connectivity index (χ3n) is 13.4. The molecule has 0 bridgehead atoms. The van der Waals surface area contributed by atoms with Crippen molar-refractivity contribution in [3.8, 4) is 78.6 Å². The first-order valence-electron chi connectivity index (χ1n) is 21.9. The minimum atomic E-state index is -0.538. The van der Waals surface area contributed by atoms with E-state index in [9.17, 15) is 0 Å². The van der Waals surface area contributed by atoms with E-state index in [1.807, 2.05) is 24.3 Å². The van der Waals surface area contributed by atoms with Crippen LogP contribution in [0.4, 0.5) is 17.1 Å². The summed E-state index contributed by atoms with van der Waals surface area (Å²) in [5.41, 5.74) is 19.8. The van der Waals surface area contributed by atoms with Crippen molar-refractivity contribution in [1.82, 2.24) is 0 Å². The van der Waals surface area contributed by atoms with E-state index < -0.39 is 5.41 Å². The molecule has 0 atom stereocenters. The molecule has 64 heavy (non-hydrogen) atoms. The van der Waals surface area contributed by atoms with E-state index in [0.29, 0.717) is 0 Å². The number of nitrogens with zero attached hydrogens (tertiary/aromatic N) is 1. The molecule has 0 saturated carbocycles.